The molecule has 0 saturated heterocycles. The van der Waals surface area contributed by atoms with Crippen molar-refractivity contribution >= 4 is 11.9 Å². The number of rotatable bonds is 3. The van der Waals surface area contributed by atoms with E-state index in [0.717, 1.165) is 25.7 Å². The smallest absolute Gasteiger partial charge is 0.270 e. The average Bonchev–Trinajstić information content (AvgIpc) is 2.39. The molecule has 0 spiro atoms. The van der Waals surface area contributed by atoms with Crippen molar-refractivity contribution in [3.8, 4) is 5.75 Å². The van der Waals surface area contributed by atoms with Gasteiger partial charge in [-0.1, -0.05) is 12.8 Å². The summed E-state index contributed by atoms with van der Waals surface area (Å²) < 4.78 is 0. The zero-order valence-electron chi connectivity index (χ0n) is 10.5. The summed E-state index contributed by atoms with van der Waals surface area (Å²) in [5, 5.41) is 20.3. The van der Waals surface area contributed by atoms with Gasteiger partial charge in [0.15, 0.2) is 0 Å². The van der Waals surface area contributed by atoms with Gasteiger partial charge in [-0.25, -0.2) is 0 Å². The van der Waals surface area contributed by atoms with Crippen molar-refractivity contribution in [1.82, 2.24) is 0 Å². The molecule has 2 atom stereocenters. The highest BCUT2D eigenvalue weighted by atomic mass is 16.6. The molecule has 6 nitrogen and oxygen atoms in total. The van der Waals surface area contributed by atoms with Crippen LogP contribution in [0.25, 0.3) is 0 Å². The molecule has 1 fully saturated rings. The SMILES string of the molecule is N[C@H]1CCCC[C@@H]1N=Cc1cc([N+](=O)[O-])ccc1O. The Morgan fingerprint density at radius 1 is 1.42 bits per heavy atom. The van der Waals surface area contributed by atoms with E-state index in [1.807, 2.05) is 0 Å². The third kappa shape index (κ3) is 3.29. The summed E-state index contributed by atoms with van der Waals surface area (Å²) in [6.45, 7) is 0. The third-order valence-corrected chi connectivity index (χ3v) is 3.41. The van der Waals surface area contributed by atoms with Gasteiger partial charge in [-0.2, -0.15) is 0 Å². The van der Waals surface area contributed by atoms with Crippen LogP contribution in [0.1, 0.15) is 31.2 Å². The summed E-state index contributed by atoms with van der Waals surface area (Å²) >= 11 is 0. The van der Waals surface area contributed by atoms with Crippen LogP contribution in [0.4, 0.5) is 5.69 Å². The van der Waals surface area contributed by atoms with Crippen molar-refractivity contribution in [1.29, 1.82) is 0 Å². The highest BCUT2D eigenvalue weighted by Crippen LogP contribution is 2.23. The second-order valence-electron chi connectivity index (χ2n) is 4.79. The zero-order valence-corrected chi connectivity index (χ0v) is 10.5. The van der Waals surface area contributed by atoms with Crippen LogP contribution in [-0.4, -0.2) is 28.3 Å². The predicted molar refractivity (Wildman–Crippen MR) is 72.6 cm³/mol. The van der Waals surface area contributed by atoms with Gasteiger partial charge in [-0.3, -0.25) is 15.1 Å². The largest absolute Gasteiger partial charge is 0.507 e. The van der Waals surface area contributed by atoms with Gasteiger partial charge in [0.1, 0.15) is 5.75 Å². The number of aromatic hydroxyl groups is 1. The normalized spacial score (nSPS) is 23.6. The number of non-ortho nitro benzene ring substituents is 1. The van der Waals surface area contributed by atoms with E-state index < -0.39 is 4.92 Å². The Labute approximate surface area is 111 Å². The van der Waals surface area contributed by atoms with Gasteiger partial charge in [0, 0.05) is 30.0 Å². The van der Waals surface area contributed by atoms with Crippen LogP contribution in [0.5, 0.6) is 5.75 Å². The molecule has 0 radical (unpaired) electrons. The Morgan fingerprint density at radius 3 is 2.84 bits per heavy atom. The molecule has 0 aliphatic heterocycles. The lowest BCUT2D eigenvalue weighted by molar-refractivity contribution is -0.384. The van der Waals surface area contributed by atoms with Crippen LogP contribution in [0.3, 0.4) is 0 Å². The fraction of sp³-hybridized carbons (Fsp3) is 0.462. The lowest BCUT2D eigenvalue weighted by Crippen LogP contribution is -2.36. The maximum atomic E-state index is 10.7. The summed E-state index contributed by atoms with van der Waals surface area (Å²) in [5.41, 5.74) is 6.27. The summed E-state index contributed by atoms with van der Waals surface area (Å²) in [4.78, 5) is 14.5. The molecule has 0 aromatic heterocycles. The van der Waals surface area contributed by atoms with Crippen LogP contribution >= 0.6 is 0 Å². The van der Waals surface area contributed by atoms with Gasteiger partial charge >= 0.3 is 0 Å². The first-order valence-electron chi connectivity index (χ1n) is 6.34. The van der Waals surface area contributed by atoms with Crippen molar-refractivity contribution in [2.75, 3.05) is 0 Å². The second-order valence-corrected chi connectivity index (χ2v) is 4.79. The molecule has 1 aliphatic carbocycles. The maximum Gasteiger partial charge on any atom is 0.270 e. The van der Waals surface area contributed by atoms with Crippen molar-refractivity contribution in [3.05, 3.63) is 33.9 Å². The molecule has 0 unspecified atom stereocenters. The van der Waals surface area contributed by atoms with Crippen molar-refractivity contribution in [2.45, 2.75) is 37.8 Å². The van der Waals surface area contributed by atoms with Gasteiger partial charge < -0.3 is 10.8 Å². The Balaban J connectivity index is 2.17. The number of hydrogen-bond donors (Lipinski definition) is 2. The van der Waals surface area contributed by atoms with E-state index in [1.54, 1.807) is 0 Å². The highest BCUT2D eigenvalue weighted by molar-refractivity contribution is 5.84. The molecule has 0 bridgehead atoms. The second kappa shape index (κ2) is 5.79. The third-order valence-electron chi connectivity index (χ3n) is 3.41. The molecular weight excluding hydrogens is 246 g/mol. The standard InChI is InChI=1S/C13H17N3O3/c14-11-3-1-2-4-12(11)15-8-9-7-10(16(18)19)5-6-13(9)17/h5-8,11-12,17H,1-4,14H2/t11-,12-/m0/s1. The fourth-order valence-electron chi connectivity index (χ4n) is 2.26. The van der Waals surface area contributed by atoms with Crippen molar-refractivity contribution in [2.24, 2.45) is 10.7 Å². The van der Waals surface area contributed by atoms with E-state index in [1.165, 1.54) is 24.4 Å². The minimum absolute atomic E-state index is 0.0151. The summed E-state index contributed by atoms with van der Waals surface area (Å²) in [5.74, 6) is -0.0151. The lowest BCUT2D eigenvalue weighted by Gasteiger charge is -2.24. The monoisotopic (exact) mass is 263 g/mol. The Morgan fingerprint density at radius 2 is 2.16 bits per heavy atom. The number of phenolic OH excluding ortho intramolecular Hbond substituents is 1. The van der Waals surface area contributed by atoms with Gasteiger partial charge in [0.05, 0.1) is 11.0 Å². The van der Waals surface area contributed by atoms with Gasteiger partial charge in [0.25, 0.3) is 5.69 Å². The van der Waals surface area contributed by atoms with Crippen molar-refractivity contribution < 1.29 is 10.0 Å². The van der Waals surface area contributed by atoms with E-state index >= 15 is 0 Å². The van der Waals surface area contributed by atoms with Crippen LogP contribution in [0.15, 0.2) is 23.2 Å². The quantitative estimate of drug-likeness (QED) is 0.494. The number of nitro benzene ring substituents is 1. The topological polar surface area (TPSA) is 102 Å². The first kappa shape index (κ1) is 13.5. The molecule has 6 heteroatoms. The number of benzene rings is 1. The molecule has 19 heavy (non-hydrogen) atoms. The molecule has 1 aliphatic rings. The lowest BCUT2D eigenvalue weighted by atomic mass is 9.91. The number of hydrogen-bond acceptors (Lipinski definition) is 5. The number of phenols is 1. The average molecular weight is 263 g/mol. The number of aliphatic imine (C=N–C) groups is 1. The predicted octanol–water partition coefficient (Wildman–Crippen LogP) is 1.99. The van der Waals surface area contributed by atoms with Crippen LogP contribution in [0, 0.1) is 10.1 Å². The number of nitrogens with two attached hydrogens (primary N) is 1. The molecular formula is C13H17N3O3. The highest BCUT2D eigenvalue weighted by Gasteiger charge is 2.20. The molecule has 1 saturated carbocycles. The fourth-order valence-corrected chi connectivity index (χ4v) is 2.26. The zero-order chi connectivity index (χ0) is 13.8. The molecule has 0 amide bonds. The van der Waals surface area contributed by atoms with Gasteiger partial charge in [-0.05, 0) is 18.9 Å². The van der Waals surface area contributed by atoms with Crippen LogP contribution < -0.4 is 5.73 Å². The minimum atomic E-state index is -0.497. The molecule has 0 heterocycles. The summed E-state index contributed by atoms with van der Waals surface area (Å²) in [7, 11) is 0. The molecule has 2 rings (SSSR count). The van der Waals surface area contributed by atoms with E-state index in [0.29, 0.717) is 5.56 Å². The number of nitro groups is 1. The number of nitrogens with zero attached hydrogens (tertiary/aromatic N) is 2. The van der Waals surface area contributed by atoms with E-state index in [-0.39, 0.29) is 23.5 Å². The Kier molecular flexibility index (Phi) is 4.11. The maximum absolute atomic E-state index is 10.7. The van der Waals surface area contributed by atoms with E-state index in [4.69, 9.17) is 5.73 Å². The summed E-state index contributed by atoms with van der Waals surface area (Å²) in [6.07, 6.45) is 5.57. The molecule has 102 valence electrons. The van der Waals surface area contributed by atoms with Crippen molar-refractivity contribution in [3.63, 3.8) is 0 Å². The molecule has 3 N–H and O–H groups in total. The van der Waals surface area contributed by atoms with Gasteiger partial charge in [-0.15, -0.1) is 0 Å². The first-order chi connectivity index (χ1) is 9.08. The molecule has 1 aromatic carbocycles. The van der Waals surface area contributed by atoms with Crippen LogP contribution in [0.2, 0.25) is 0 Å². The Bertz CT molecular complexity index is 502. The van der Waals surface area contributed by atoms with Crippen LogP contribution in [-0.2, 0) is 0 Å². The summed E-state index contributed by atoms with van der Waals surface area (Å²) in [6, 6.07) is 3.95. The van der Waals surface area contributed by atoms with E-state index in [9.17, 15) is 15.2 Å². The Hall–Kier alpha value is -1.95. The van der Waals surface area contributed by atoms with Gasteiger partial charge in [0.2, 0.25) is 0 Å². The van der Waals surface area contributed by atoms with E-state index in [2.05, 4.69) is 4.99 Å². The molecule has 1 aromatic rings. The first-order valence-corrected chi connectivity index (χ1v) is 6.34. The minimum Gasteiger partial charge on any atom is -0.507 e.